The van der Waals surface area contributed by atoms with E-state index in [-0.39, 0.29) is 29.0 Å². The minimum Gasteiger partial charge on any atom is -0.326 e. The van der Waals surface area contributed by atoms with E-state index in [1.54, 1.807) is 0 Å². The lowest BCUT2D eigenvalue weighted by atomic mass is 10.1. The van der Waals surface area contributed by atoms with E-state index in [0.717, 1.165) is 12.1 Å². The second kappa shape index (κ2) is 5.61. The molecule has 0 aliphatic rings. The van der Waals surface area contributed by atoms with Crippen LogP contribution in [0.5, 0.6) is 0 Å². The van der Waals surface area contributed by atoms with Gasteiger partial charge in [-0.15, -0.1) is 0 Å². The zero-order valence-electron chi connectivity index (χ0n) is 9.94. The molecule has 0 unspecified atom stereocenters. The molecule has 1 N–H and O–H groups in total. The Balaban J connectivity index is 2.89. The Hall–Kier alpha value is -1.23. The van der Waals surface area contributed by atoms with Gasteiger partial charge in [0.05, 0.1) is 10.6 Å². The van der Waals surface area contributed by atoms with E-state index >= 15 is 0 Å². The molecule has 1 rings (SSSR count). The average molecular weight is 280 g/mol. The van der Waals surface area contributed by atoms with Crippen molar-refractivity contribution in [2.45, 2.75) is 26.4 Å². The lowest BCUT2D eigenvalue weighted by Gasteiger charge is -2.12. The maximum absolute atomic E-state index is 12.6. The quantitative estimate of drug-likeness (QED) is 0.876. The summed E-state index contributed by atoms with van der Waals surface area (Å²) in [6, 6.07) is 3.30. The average Bonchev–Trinajstić information content (AvgIpc) is 2.17. The topological polar surface area (TPSA) is 29.1 Å². The summed E-state index contributed by atoms with van der Waals surface area (Å²) in [7, 11) is 0. The molecule has 6 heteroatoms. The molecule has 0 atom stereocenters. The van der Waals surface area contributed by atoms with Gasteiger partial charge in [-0.05, 0) is 24.1 Å². The Morgan fingerprint density at radius 3 is 2.50 bits per heavy atom. The number of nitrogens with one attached hydrogen (secondary N) is 1. The normalized spacial score (nSPS) is 11.7. The van der Waals surface area contributed by atoms with Gasteiger partial charge in [0, 0.05) is 12.1 Å². The first-order valence-corrected chi connectivity index (χ1v) is 5.74. The molecule has 0 aromatic heterocycles. The Labute approximate surface area is 108 Å². The Kier molecular flexibility index (Phi) is 4.62. The summed E-state index contributed by atoms with van der Waals surface area (Å²) in [6.07, 6.45) is -4.28. The van der Waals surface area contributed by atoms with Gasteiger partial charge in [0.1, 0.15) is 0 Å². The molecular weight excluding hydrogens is 267 g/mol. The summed E-state index contributed by atoms with van der Waals surface area (Å²) in [6.45, 7) is 3.70. The van der Waals surface area contributed by atoms with Crippen LogP contribution in [0.3, 0.4) is 0 Å². The van der Waals surface area contributed by atoms with Crippen molar-refractivity contribution in [2.75, 3.05) is 5.32 Å². The smallest absolute Gasteiger partial charge is 0.326 e. The molecule has 0 heterocycles. The van der Waals surface area contributed by atoms with Crippen molar-refractivity contribution in [1.82, 2.24) is 0 Å². The van der Waals surface area contributed by atoms with Gasteiger partial charge in [-0.1, -0.05) is 25.4 Å². The zero-order valence-corrected chi connectivity index (χ0v) is 10.7. The largest absolute Gasteiger partial charge is 0.417 e. The molecule has 0 fully saturated rings. The van der Waals surface area contributed by atoms with Crippen LogP contribution in [-0.2, 0) is 11.0 Å². The number of carbonyl (C=O) groups is 1. The fraction of sp³-hybridized carbons (Fsp3) is 0.417. The van der Waals surface area contributed by atoms with Gasteiger partial charge < -0.3 is 5.32 Å². The molecule has 100 valence electrons. The van der Waals surface area contributed by atoms with Crippen LogP contribution in [0.15, 0.2) is 18.2 Å². The van der Waals surface area contributed by atoms with Crippen LogP contribution in [0.2, 0.25) is 5.02 Å². The first kappa shape index (κ1) is 14.8. The minimum atomic E-state index is -4.53. The number of benzene rings is 1. The third-order valence-corrected chi connectivity index (χ3v) is 2.48. The molecular formula is C12H13ClF3NO. The van der Waals surface area contributed by atoms with Crippen LogP contribution < -0.4 is 5.32 Å². The first-order chi connectivity index (χ1) is 8.20. The molecule has 0 bridgehead atoms. The number of anilines is 1. The maximum atomic E-state index is 12.6. The van der Waals surface area contributed by atoms with Gasteiger partial charge in [-0.25, -0.2) is 0 Å². The van der Waals surface area contributed by atoms with E-state index in [9.17, 15) is 18.0 Å². The van der Waals surface area contributed by atoms with Gasteiger partial charge in [-0.2, -0.15) is 13.2 Å². The summed E-state index contributed by atoms with van der Waals surface area (Å²) in [5.74, 6) is -0.181. The highest BCUT2D eigenvalue weighted by Gasteiger charge is 2.33. The molecule has 18 heavy (non-hydrogen) atoms. The van der Waals surface area contributed by atoms with E-state index in [4.69, 9.17) is 11.6 Å². The molecule has 1 aromatic carbocycles. The van der Waals surface area contributed by atoms with Gasteiger partial charge >= 0.3 is 6.18 Å². The van der Waals surface area contributed by atoms with Crippen LogP contribution in [-0.4, -0.2) is 5.91 Å². The molecule has 2 nitrogen and oxygen atoms in total. The van der Waals surface area contributed by atoms with Crippen molar-refractivity contribution in [3.8, 4) is 0 Å². The van der Waals surface area contributed by atoms with E-state index < -0.39 is 11.7 Å². The number of carbonyl (C=O) groups excluding carboxylic acids is 1. The first-order valence-electron chi connectivity index (χ1n) is 5.36. The van der Waals surface area contributed by atoms with Crippen molar-refractivity contribution < 1.29 is 18.0 Å². The number of rotatable bonds is 3. The molecule has 0 radical (unpaired) electrons. The number of hydrogen-bond donors (Lipinski definition) is 1. The van der Waals surface area contributed by atoms with Gasteiger partial charge in [-0.3, -0.25) is 4.79 Å². The summed E-state index contributed by atoms with van der Waals surface area (Å²) in [5.41, 5.74) is -0.858. The summed E-state index contributed by atoms with van der Waals surface area (Å²) < 4.78 is 37.7. The molecule has 0 spiro atoms. The molecule has 0 saturated carbocycles. The van der Waals surface area contributed by atoms with Gasteiger partial charge in [0.25, 0.3) is 0 Å². The number of amides is 1. The Morgan fingerprint density at radius 2 is 2.00 bits per heavy atom. The predicted molar refractivity (Wildman–Crippen MR) is 64.5 cm³/mol. The highest BCUT2D eigenvalue weighted by Crippen LogP contribution is 2.36. The summed E-state index contributed by atoms with van der Waals surface area (Å²) >= 11 is 5.47. The van der Waals surface area contributed by atoms with Crippen LogP contribution in [0, 0.1) is 5.92 Å². The molecule has 1 amide bonds. The lowest BCUT2D eigenvalue weighted by Crippen LogP contribution is -2.15. The monoisotopic (exact) mass is 279 g/mol. The van der Waals surface area contributed by atoms with Crippen molar-refractivity contribution in [2.24, 2.45) is 5.92 Å². The molecule has 1 aromatic rings. The second-order valence-corrected chi connectivity index (χ2v) is 4.75. The van der Waals surface area contributed by atoms with Crippen molar-refractivity contribution in [1.29, 1.82) is 0 Å². The SMILES string of the molecule is CC(C)CC(=O)Nc1ccc(Cl)c(C(F)(F)F)c1. The van der Waals surface area contributed by atoms with E-state index in [2.05, 4.69) is 5.32 Å². The van der Waals surface area contributed by atoms with E-state index in [1.807, 2.05) is 13.8 Å². The fourth-order valence-electron chi connectivity index (χ4n) is 1.40. The standard InChI is InChI=1S/C12H13ClF3NO/c1-7(2)5-11(18)17-8-3-4-10(13)9(6-8)12(14,15)16/h3-4,6-7H,5H2,1-2H3,(H,17,18). The van der Waals surface area contributed by atoms with E-state index in [1.165, 1.54) is 6.07 Å². The van der Waals surface area contributed by atoms with Crippen LogP contribution in [0.4, 0.5) is 18.9 Å². The number of halogens is 4. The minimum absolute atomic E-state index is 0.0948. The van der Waals surface area contributed by atoms with Crippen LogP contribution in [0.25, 0.3) is 0 Å². The van der Waals surface area contributed by atoms with Crippen molar-refractivity contribution in [3.63, 3.8) is 0 Å². The van der Waals surface area contributed by atoms with Crippen LogP contribution >= 0.6 is 11.6 Å². The molecule has 0 saturated heterocycles. The van der Waals surface area contributed by atoms with Gasteiger partial charge in [0.2, 0.25) is 5.91 Å². The third-order valence-electron chi connectivity index (χ3n) is 2.15. The van der Waals surface area contributed by atoms with Crippen molar-refractivity contribution in [3.05, 3.63) is 28.8 Å². The third kappa shape index (κ3) is 4.22. The second-order valence-electron chi connectivity index (χ2n) is 4.34. The predicted octanol–water partition coefficient (Wildman–Crippen LogP) is 4.34. The highest BCUT2D eigenvalue weighted by atomic mass is 35.5. The van der Waals surface area contributed by atoms with Gasteiger partial charge in [0.15, 0.2) is 0 Å². The summed E-state index contributed by atoms with van der Waals surface area (Å²) in [4.78, 5) is 11.4. The Bertz CT molecular complexity index is 443. The maximum Gasteiger partial charge on any atom is 0.417 e. The number of alkyl halides is 3. The fourth-order valence-corrected chi connectivity index (χ4v) is 1.63. The Morgan fingerprint density at radius 1 is 1.39 bits per heavy atom. The summed E-state index contributed by atoms with van der Waals surface area (Å²) in [5, 5.41) is 2.03. The van der Waals surface area contributed by atoms with E-state index in [0.29, 0.717) is 0 Å². The highest BCUT2D eigenvalue weighted by molar-refractivity contribution is 6.31. The molecule has 0 aliphatic heterocycles. The van der Waals surface area contributed by atoms with Crippen LogP contribution in [0.1, 0.15) is 25.8 Å². The van der Waals surface area contributed by atoms with Crippen molar-refractivity contribution >= 4 is 23.2 Å². The zero-order chi connectivity index (χ0) is 13.9. The number of hydrogen-bond acceptors (Lipinski definition) is 1. The lowest BCUT2D eigenvalue weighted by molar-refractivity contribution is -0.137. The molecule has 0 aliphatic carbocycles.